The van der Waals surface area contributed by atoms with Crippen molar-refractivity contribution < 1.29 is 24.1 Å². The smallest absolute Gasteiger partial charge is 0.396 e. The van der Waals surface area contributed by atoms with Crippen LogP contribution >= 0.6 is 0 Å². The van der Waals surface area contributed by atoms with E-state index >= 15 is 0 Å². The molecule has 5 heteroatoms. The van der Waals surface area contributed by atoms with Gasteiger partial charge in [0.25, 0.3) is 0 Å². The largest absolute Gasteiger partial charge is 0.517 e. The van der Waals surface area contributed by atoms with Crippen molar-refractivity contribution in [3.63, 3.8) is 0 Å². The summed E-state index contributed by atoms with van der Waals surface area (Å²) < 4.78 is 18.2. The van der Waals surface area contributed by atoms with E-state index < -0.39 is 5.79 Å². The molecule has 162 valence electrons. The Bertz CT molecular complexity index is 611. The number of rotatable bonds is 11. The maximum absolute atomic E-state index is 10.5. The van der Waals surface area contributed by atoms with E-state index in [1.165, 1.54) is 12.8 Å². The number of aliphatic hydroxyl groups excluding tert-OH is 1. The van der Waals surface area contributed by atoms with Gasteiger partial charge in [-0.2, -0.15) is 0 Å². The fourth-order valence-electron chi connectivity index (χ4n) is 4.94. The van der Waals surface area contributed by atoms with Gasteiger partial charge in [0, 0.05) is 31.8 Å². The standard InChI is InChI=1S/C24H36O5/c1-2-3-7-14-24(27-17-18-28-24)15-12-21-19(13-16-25)10-11-22(21)29-23(26)20-8-5-4-6-9-20/h4-6,8-9,19,21-22,25H,2-3,7,10-18H2,1H3/p+1/t19?,21-,22?/m1/s1. The average Bonchev–Trinajstić information content (AvgIpc) is 3.35. The number of unbranched alkanes of at least 4 members (excludes halogenated alkanes) is 2. The quantitative estimate of drug-likeness (QED) is 0.336. The van der Waals surface area contributed by atoms with Crippen LogP contribution in [0.15, 0.2) is 30.3 Å². The number of carbonyl (C=O) groups excluding carboxylic acids is 1. The molecule has 1 heterocycles. The summed E-state index contributed by atoms with van der Waals surface area (Å²) in [6.45, 7) is 3.73. The van der Waals surface area contributed by atoms with Crippen LogP contribution in [0.4, 0.5) is 0 Å². The highest BCUT2D eigenvalue weighted by atomic mass is 16.7. The van der Waals surface area contributed by atoms with Crippen LogP contribution in [0, 0.1) is 11.8 Å². The Morgan fingerprint density at radius 1 is 1.10 bits per heavy atom. The molecule has 3 rings (SSSR count). The van der Waals surface area contributed by atoms with Gasteiger partial charge in [0.05, 0.1) is 13.2 Å². The first kappa shape index (κ1) is 22.3. The molecule has 1 aromatic carbocycles. The summed E-state index contributed by atoms with van der Waals surface area (Å²) in [7, 11) is 0. The van der Waals surface area contributed by atoms with E-state index in [9.17, 15) is 9.90 Å². The third-order valence-corrected chi connectivity index (χ3v) is 6.52. The average molecular weight is 406 g/mol. The van der Waals surface area contributed by atoms with Gasteiger partial charge in [0.15, 0.2) is 11.9 Å². The van der Waals surface area contributed by atoms with Gasteiger partial charge in [0.2, 0.25) is 0 Å². The molecule has 0 aromatic heterocycles. The summed E-state index contributed by atoms with van der Waals surface area (Å²) in [6, 6.07) is 9.42. The van der Waals surface area contributed by atoms with Crippen LogP contribution < -0.4 is 0 Å². The molecule has 29 heavy (non-hydrogen) atoms. The fraction of sp³-hybridized carbons (Fsp3) is 0.708. The van der Waals surface area contributed by atoms with Gasteiger partial charge in [-0.3, -0.25) is 0 Å². The maximum atomic E-state index is 10.5. The summed E-state index contributed by atoms with van der Waals surface area (Å²) in [6.07, 6.45) is 8.84. The number of ether oxygens (including phenoxy) is 3. The first-order chi connectivity index (χ1) is 14.2. The second kappa shape index (κ2) is 11.1. The van der Waals surface area contributed by atoms with Gasteiger partial charge < -0.3 is 24.1 Å². The molecule has 0 spiro atoms. The van der Waals surface area contributed by atoms with E-state index in [2.05, 4.69) is 6.92 Å². The topological polar surface area (TPSA) is 69.3 Å². The molecule has 0 bridgehead atoms. The van der Waals surface area contributed by atoms with Gasteiger partial charge >= 0.3 is 5.97 Å². The highest BCUT2D eigenvalue weighted by Gasteiger charge is 2.45. The summed E-state index contributed by atoms with van der Waals surface area (Å²) in [5.74, 6) is 0.222. The van der Waals surface area contributed by atoms with Crippen LogP contribution in [0.1, 0.15) is 70.3 Å². The first-order valence-electron chi connectivity index (χ1n) is 11.3. The van der Waals surface area contributed by atoms with Crippen molar-refractivity contribution in [2.45, 2.75) is 76.6 Å². The highest BCUT2D eigenvalue weighted by Crippen LogP contribution is 2.42. The van der Waals surface area contributed by atoms with Crippen molar-refractivity contribution in [2.24, 2.45) is 11.8 Å². The SMILES string of the molecule is CCCCCC1(CC[C@@H]2C(CCO)CCC2OC(=[OH+])c2ccccc2)OCCO1. The van der Waals surface area contributed by atoms with Crippen LogP contribution in [0.5, 0.6) is 0 Å². The van der Waals surface area contributed by atoms with Crippen molar-refractivity contribution in [3.8, 4) is 0 Å². The summed E-state index contributed by atoms with van der Waals surface area (Å²) in [5, 5.41) is 9.52. The van der Waals surface area contributed by atoms with E-state index in [1.54, 1.807) is 0 Å². The van der Waals surface area contributed by atoms with Crippen LogP contribution in [0.3, 0.4) is 0 Å². The lowest BCUT2D eigenvalue weighted by Gasteiger charge is -2.30. The molecular weight excluding hydrogens is 368 g/mol. The van der Waals surface area contributed by atoms with Crippen molar-refractivity contribution in [2.75, 3.05) is 19.8 Å². The van der Waals surface area contributed by atoms with Crippen molar-refractivity contribution >= 4 is 5.97 Å². The summed E-state index contributed by atoms with van der Waals surface area (Å²) in [5.41, 5.74) is 0.704. The lowest BCUT2D eigenvalue weighted by atomic mass is 9.86. The zero-order valence-corrected chi connectivity index (χ0v) is 17.7. The van der Waals surface area contributed by atoms with E-state index in [0.717, 1.165) is 44.9 Å². The number of hydrogen-bond acceptors (Lipinski definition) is 4. The summed E-state index contributed by atoms with van der Waals surface area (Å²) in [4.78, 5) is 10.5. The molecule has 2 aliphatic rings. The van der Waals surface area contributed by atoms with Crippen molar-refractivity contribution in [1.82, 2.24) is 0 Å². The lowest BCUT2D eigenvalue weighted by Crippen LogP contribution is -2.33. The molecule has 2 fully saturated rings. The molecule has 3 atom stereocenters. The maximum Gasteiger partial charge on any atom is 0.517 e. The normalized spacial score (nSPS) is 25.9. The molecule has 1 aliphatic heterocycles. The highest BCUT2D eigenvalue weighted by molar-refractivity contribution is 5.90. The molecule has 1 aliphatic carbocycles. The zero-order chi connectivity index (χ0) is 20.5. The molecule has 1 saturated heterocycles. The van der Waals surface area contributed by atoms with Crippen LogP contribution in [-0.2, 0) is 14.2 Å². The Kier molecular flexibility index (Phi) is 8.52. The van der Waals surface area contributed by atoms with Gasteiger partial charge in [-0.1, -0.05) is 38.0 Å². The Hall–Kier alpha value is -1.43. The minimum atomic E-state index is -0.461. The van der Waals surface area contributed by atoms with Crippen LogP contribution in [-0.4, -0.2) is 47.6 Å². The van der Waals surface area contributed by atoms with Crippen LogP contribution in [0.25, 0.3) is 0 Å². The zero-order valence-electron chi connectivity index (χ0n) is 17.7. The van der Waals surface area contributed by atoms with Crippen molar-refractivity contribution in [1.29, 1.82) is 0 Å². The molecule has 5 nitrogen and oxygen atoms in total. The van der Waals surface area contributed by atoms with E-state index in [-0.39, 0.29) is 24.6 Å². The van der Waals surface area contributed by atoms with Crippen molar-refractivity contribution in [3.05, 3.63) is 35.9 Å². The van der Waals surface area contributed by atoms with Gasteiger partial charge in [-0.15, -0.1) is 0 Å². The predicted molar refractivity (Wildman–Crippen MR) is 113 cm³/mol. The molecule has 2 N–H and O–H groups in total. The second-order valence-corrected chi connectivity index (χ2v) is 8.44. The third-order valence-electron chi connectivity index (χ3n) is 6.52. The number of hydrogen-bond donors (Lipinski definition) is 1. The van der Waals surface area contributed by atoms with Gasteiger partial charge in [-0.05, 0) is 43.7 Å². The predicted octanol–water partition coefficient (Wildman–Crippen LogP) is 4.43. The van der Waals surface area contributed by atoms with E-state index in [1.807, 2.05) is 30.3 Å². The van der Waals surface area contributed by atoms with Gasteiger partial charge in [0.1, 0.15) is 5.56 Å². The molecule has 1 aromatic rings. The monoisotopic (exact) mass is 405 g/mol. The van der Waals surface area contributed by atoms with E-state index in [4.69, 9.17) is 14.2 Å². The lowest BCUT2D eigenvalue weighted by molar-refractivity contribution is -0.171. The van der Waals surface area contributed by atoms with Crippen LogP contribution in [0.2, 0.25) is 0 Å². The third kappa shape index (κ3) is 6.03. The van der Waals surface area contributed by atoms with Gasteiger partial charge in [-0.25, -0.2) is 0 Å². The Morgan fingerprint density at radius 2 is 1.86 bits per heavy atom. The summed E-state index contributed by atoms with van der Waals surface area (Å²) >= 11 is 0. The first-order valence-corrected chi connectivity index (χ1v) is 11.3. The minimum absolute atomic E-state index is 0.00345. The Morgan fingerprint density at radius 3 is 2.55 bits per heavy atom. The Balaban J connectivity index is 1.63. The number of aliphatic hydroxyl groups is 1. The van der Waals surface area contributed by atoms with E-state index in [0.29, 0.717) is 24.7 Å². The molecule has 2 unspecified atom stereocenters. The molecule has 0 amide bonds. The fourth-order valence-corrected chi connectivity index (χ4v) is 4.94. The molecule has 1 saturated carbocycles. The molecule has 0 radical (unpaired) electrons. The Labute approximate surface area is 174 Å². The minimum Gasteiger partial charge on any atom is -0.396 e. The number of benzene rings is 1. The molecular formula is C24H37O5+. The number of esters is 1. The second-order valence-electron chi connectivity index (χ2n) is 8.44.